The van der Waals surface area contributed by atoms with E-state index >= 15 is 0 Å². The second kappa shape index (κ2) is 6.08. The lowest BCUT2D eigenvalue weighted by Gasteiger charge is -2.07. The Kier molecular flexibility index (Phi) is 3.54. The van der Waals surface area contributed by atoms with Gasteiger partial charge in [0.25, 0.3) is 5.56 Å². The molecule has 0 aliphatic carbocycles. The number of aromatic nitrogens is 7. The van der Waals surface area contributed by atoms with E-state index in [9.17, 15) is 9.18 Å². The molecule has 0 atom stereocenters. The Morgan fingerprint density at radius 2 is 2.04 bits per heavy atom. The van der Waals surface area contributed by atoms with Gasteiger partial charge in [-0.15, -0.1) is 10.2 Å². The maximum Gasteiger partial charge on any atom is 0.260 e. The first kappa shape index (κ1) is 16.3. The zero-order chi connectivity index (χ0) is 19.3. The number of nitrogens with zero attached hydrogens (tertiary/aromatic N) is 7. The summed E-state index contributed by atoms with van der Waals surface area (Å²) in [6.07, 6.45) is 8.46. The minimum absolute atomic E-state index is 0.102. The van der Waals surface area contributed by atoms with Gasteiger partial charge in [-0.1, -0.05) is 0 Å². The van der Waals surface area contributed by atoms with E-state index in [-0.39, 0.29) is 17.8 Å². The largest absolute Gasteiger partial charge is 0.340 e. The SMILES string of the molecule is Cn1cnc(-c2cc(F)c3nnc(Cn4ccc5ncccc5c4=O)n3c2)c1. The van der Waals surface area contributed by atoms with Gasteiger partial charge in [0.2, 0.25) is 0 Å². The molecule has 5 rings (SSSR count). The van der Waals surface area contributed by atoms with Gasteiger partial charge in [0.1, 0.15) is 0 Å². The first-order valence-electron chi connectivity index (χ1n) is 8.56. The average molecular weight is 375 g/mol. The molecule has 0 N–H and O–H groups in total. The second-order valence-electron chi connectivity index (χ2n) is 6.50. The third-order valence-corrected chi connectivity index (χ3v) is 4.59. The zero-order valence-corrected chi connectivity index (χ0v) is 14.8. The fourth-order valence-corrected chi connectivity index (χ4v) is 3.20. The standard InChI is InChI=1S/C19H14FN7O/c1-25-9-16(22-11-25)12-7-14(20)18-24-23-17(27(18)8-12)10-26-6-4-15-13(19(26)28)3-2-5-21-15/h2-9,11H,10H2,1H3. The van der Waals surface area contributed by atoms with Gasteiger partial charge < -0.3 is 9.13 Å². The highest BCUT2D eigenvalue weighted by atomic mass is 19.1. The highest BCUT2D eigenvalue weighted by Crippen LogP contribution is 2.21. The van der Waals surface area contributed by atoms with E-state index in [1.807, 2.05) is 7.05 Å². The molecule has 5 aromatic heterocycles. The highest BCUT2D eigenvalue weighted by Gasteiger charge is 2.15. The molecule has 0 bridgehead atoms. The molecule has 28 heavy (non-hydrogen) atoms. The van der Waals surface area contributed by atoms with Crippen LogP contribution < -0.4 is 5.56 Å². The summed E-state index contributed by atoms with van der Waals surface area (Å²) in [6.45, 7) is 0.149. The van der Waals surface area contributed by atoms with E-state index in [0.29, 0.717) is 28.0 Å². The number of aryl methyl sites for hydroxylation is 1. The molecule has 0 saturated carbocycles. The van der Waals surface area contributed by atoms with Crippen molar-refractivity contribution in [1.29, 1.82) is 0 Å². The number of imidazole rings is 1. The quantitative estimate of drug-likeness (QED) is 0.482. The fraction of sp³-hybridized carbons (Fsp3) is 0.105. The molecule has 5 heterocycles. The van der Waals surface area contributed by atoms with Crippen LogP contribution in [0.5, 0.6) is 0 Å². The van der Waals surface area contributed by atoms with Gasteiger partial charge in [-0.25, -0.2) is 9.37 Å². The van der Waals surface area contributed by atoms with Gasteiger partial charge in [-0.3, -0.25) is 14.2 Å². The lowest BCUT2D eigenvalue weighted by Crippen LogP contribution is -2.21. The summed E-state index contributed by atoms with van der Waals surface area (Å²) in [5.41, 5.74) is 1.77. The molecular formula is C19H14FN7O. The molecule has 0 fully saturated rings. The van der Waals surface area contributed by atoms with Crippen LogP contribution in [0.1, 0.15) is 5.82 Å². The number of fused-ring (bicyclic) bond motifs is 2. The lowest BCUT2D eigenvalue weighted by molar-refractivity contribution is 0.628. The number of halogens is 1. The summed E-state index contributed by atoms with van der Waals surface area (Å²) in [4.78, 5) is 21.2. The monoisotopic (exact) mass is 375 g/mol. The molecule has 138 valence electrons. The minimum Gasteiger partial charge on any atom is -0.340 e. The van der Waals surface area contributed by atoms with E-state index in [0.717, 1.165) is 0 Å². The maximum atomic E-state index is 14.5. The van der Waals surface area contributed by atoms with E-state index < -0.39 is 5.82 Å². The minimum atomic E-state index is -0.503. The molecule has 5 aromatic rings. The Morgan fingerprint density at radius 3 is 2.86 bits per heavy atom. The predicted octanol–water partition coefficient (Wildman–Crippen LogP) is 2.03. The summed E-state index contributed by atoms with van der Waals surface area (Å²) < 4.78 is 19.4. The van der Waals surface area contributed by atoms with Gasteiger partial charge in [-0.05, 0) is 24.3 Å². The summed E-state index contributed by atoms with van der Waals surface area (Å²) in [6, 6.07) is 6.58. The molecule has 0 radical (unpaired) electrons. The molecule has 0 aromatic carbocycles. The van der Waals surface area contributed by atoms with Crippen molar-refractivity contribution in [3.63, 3.8) is 0 Å². The van der Waals surface area contributed by atoms with Crippen molar-refractivity contribution >= 4 is 16.6 Å². The van der Waals surface area contributed by atoms with E-state index in [1.165, 1.54) is 10.6 Å². The highest BCUT2D eigenvalue weighted by molar-refractivity contribution is 5.76. The van der Waals surface area contributed by atoms with Crippen LogP contribution in [0.25, 0.3) is 27.8 Å². The van der Waals surface area contributed by atoms with Crippen molar-refractivity contribution in [3.8, 4) is 11.3 Å². The molecular weight excluding hydrogens is 361 g/mol. The molecule has 0 saturated heterocycles. The van der Waals surface area contributed by atoms with Crippen molar-refractivity contribution < 1.29 is 4.39 Å². The van der Waals surface area contributed by atoms with Crippen LogP contribution >= 0.6 is 0 Å². The summed E-state index contributed by atoms with van der Waals surface area (Å²) in [7, 11) is 1.84. The third kappa shape index (κ3) is 2.56. The average Bonchev–Trinajstić information content (AvgIpc) is 3.31. The number of rotatable bonds is 3. The summed E-state index contributed by atoms with van der Waals surface area (Å²) in [5.74, 6) is -0.0611. The fourth-order valence-electron chi connectivity index (χ4n) is 3.20. The van der Waals surface area contributed by atoms with Crippen LogP contribution in [0.3, 0.4) is 0 Å². The van der Waals surface area contributed by atoms with Gasteiger partial charge in [0.15, 0.2) is 17.3 Å². The number of pyridine rings is 3. The lowest BCUT2D eigenvalue weighted by atomic mass is 10.2. The van der Waals surface area contributed by atoms with Crippen LogP contribution in [-0.4, -0.2) is 33.7 Å². The van der Waals surface area contributed by atoms with Crippen LogP contribution in [-0.2, 0) is 13.6 Å². The smallest absolute Gasteiger partial charge is 0.260 e. The molecule has 0 aliphatic heterocycles. The predicted molar refractivity (Wildman–Crippen MR) is 100 cm³/mol. The van der Waals surface area contributed by atoms with Crippen LogP contribution in [0.4, 0.5) is 4.39 Å². The van der Waals surface area contributed by atoms with Crippen molar-refractivity contribution in [3.05, 3.63) is 77.4 Å². The second-order valence-corrected chi connectivity index (χ2v) is 6.50. The normalized spacial score (nSPS) is 11.5. The van der Waals surface area contributed by atoms with Crippen molar-refractivity contribution in [2.75, 3.05) is 0 Å². The molecule has 0 spiro atoms. The van der Waals surface area contributed by atoms with Crippen molar-refractivity contribution in [2.45, 2.75) is 6.54 Å². The Hall–Kier alpha value is -3.88. The van der Waals surface area contributed by atoms with Gasteiger partial charge in [0.05, 0.1) is 29.5 Å². The van der Waals surface area contributed by atoms with Gasteiger partial charge in [-0.2, -0.15) is 0 Å². The van der Waals surface area contributed by atoms with Gasteiger partial charge >= 0.3 is 0 Å². The topological polar surface area (TPSA) is 82.9 Å². The molecule has 8 nitrogen and oxygen atoms in total. The van der Waals surface area contributed by atoms with Crippen molar-refractivity contribution in [1.82, 2.24) is 33.7 Å². The van der Waals surface area contributed by atoms with Crippen LogP contribution in [0, 0.1) is 5.82 Å². The summed E-state index contributed by atoms with van der Waals surface area (Å²) in [5, 5.41) is 8.53. The molecule has 0 aliphatic rings. The Balaban J connectivity index is 1.63. The molecule has 0 unspecified atom stereocenters. The van der Waals surface area contributed by atoms with Crippen molar-refractivity contribution in [2.24, 2.45) is 7.05 Å². The first-order valence-corrected chi connectivity index (χ1v) is 8.56. The summed E-state index contributed by atoms with van der Waals surface area (Å²) >= 11 is 0. The molecule has 0 amide bonds. The van der Waals surface area contributed by atoms with E-state index in [4.69, 9.17) is 0 Å². The number of hydrogen-bond acceptors (Lipinski definition) is 5. The van der Waals surface area contributed by atoms with Crippen LogP contribution in [0.2, 0.25) is 0 Å². The number of hydrogen-bond donors (Lipinski definition) is 0. The Morgan fingerprint density at radius 1 is 1.14 bits per heavy atom. The Labute approximate surface area is 157 Å². The Bertz CT molecular complexity index is 1400. The van der Waals surface area contributed by atoms with E-state index in [1.54, 1.807) is 58.3 Å². The van der Waals surface area contributed by atoms with E-state index in [2.05, 4.69) is 20.2 Å². The first-order chi connectivity index (χ1) is 13.6. The van der Waals surface area contributed by atoms with Gasteiger partial charge in [0, 0.05) is 37.4 Å². The third-order valence-electron chi connectivity index (χ3n) is 4.59. The molecule has 9 heteroatoms. The van der Waals surface area contributed by atoms with Crippen LogP contribution in [0.15, 0.2) is 60.2 Å². The maximum absolute atomic E-state index is 14.5. The zero-order valence-electron chi connectivity index (χ0n) is 14.8.